The zero-order valence-electron chi connectivity index (χ0n) is 22.6. The first-order chi connectivity index (χ1) is 18.9. The van der Waals surface area contributed by atoms with Gasteiger partial charge in [0.1, 0.15) is 22.8 Å². The van der Waals surface area contributed by atoms with Gasteiger partial charge in [-0.05, 0) is 75.3 Å². The van der Waals surface area contributed by atoms with E-state index in [4.69, 9.17) is 5.73 Å². The van der Waals surface area contributed by atoms with E-state index >= 15 is 0 Å². The van der Waals surface area contributed by atoms with Crippen LogP contribution in [0.1, 0.15) is 40.7 Å². The molecule has 4 aliphatic carbocycles. The second-order valence-electron chi connectivity index (χ2n) is 11.9. The fourth-order valence-electron chi connectivity index (χ4n) is 7.09. The van der Waals surface area contributed by atoms with Crippen molar-refractivity contribution >= 4 is 28.2 Å². The average molecular weight is 548 g/mol. The van der Waals surface area contributed by atoms with Gasteiger partial charge < -0.3 is 26.2 Å². The Morgan fingerprint density at radius 2 is 1.80 bits per heavy atom. The van der Waals surface area contributed by atoms with Crippen LogP contribution in [0, 0.1) is 11.8 Å². The van der Waals surface area contributed by atoms with Crippen molar-refractivity contribution in [3.63, 3.8) is 0 Å². The number of phenols is 1. The van der Waals surface area contributed by atoms with Gasteiger partial charge in [0.15, 0.2) is 11.4 Å². The molecule has 1 saturated carbocycles. The Bertz CT molecular complexity index is 1570. The van der Waals surface area contributed by atoms with Crippen molar-refractivity contribution in [3.8, 4) is 5.75 Å². The number of aromatic hydroxyl groups is 1. The molecule has 0 heterocycles. The number of rotatable bonds is 5. The van der Waals surface area contributed by atoms with Gasteiger partial charge in [-0.25, -0.2) is 0 Å². The highest BCUT2D eigenvalue weighted by Gasteiger charge is 2.63. The standard InChI is InChI=1S/C30H33N3O7/c1-32(2)23-19-11-16-10-15-9-14-5-4-13(12-33(3)17-6-7-17)8-18(14)24(34)20(15)25(35)21(16)27(37)30(19,40)28(38)22(26(23)36)29(31)39/h4-5,8-9,16-17,19,23,34,36-37,40H,6-7,10-12H2,1-3H3,(H2,31,39)/t16-,19-,23-,30-/m0/s1. The first-order valence-corrected chi connectivity index (χ1v) is 13.5. The van der Waals surface area contributed by atoms with Crippen molar-refractivity contribution in [2.24, 2.45) is 17.6 Å². The van der Waals surface area contributed by atoms with E-state index in [9.17, 15) is 34.8 Å². The molecule has 0 unspecified atom stereocenters. The lowest BCUT2D eigenvalue weighted by Crippen LogP contribution is -2.63. The smallest absolute Gasteiger partial charge is 0.255 e. The van der Waals surface area contributed by atoms with Crippen molar-refractivity contribution in [2.75, 3.05) is 21.1 Å². The number of aliphatic hydroxyl groups excluding tert-OH is 2. The predicted molar refractivity (Wildman–Crippen MR) is 146 cm³/mol. The highest BCUT2D eigenvalue weighted by atomic mass is 16.3. The summed E-state index contributed by atoms with van der Waals surface area (Å²) in [4.78, 5) is 43.3. The highest BCUT2D eigenvalue weighted by Crippen LogP contribution is 2.52. The Morgan fingerprint density at radius 3 is 2.42 bits per heavy atom. The topological polar surface area (TPSA) is 165 Å². The summed E-state index contributed by atoms with van der Waals surface area (Å²) in [6.45, 7) is 0.700. The number of amides is 1. The number of carbonyl (C=O) groups excluding carboxylic acids is 3. The van der Waals surface area contributed by atoms with Crippen LogP contribution < -0.4 is 5.73 Å². The summed E-state index contributed by atoms with van der Waals surface area (Å²) in [5, 5.41) is 46.7. The van der Waals surface area contributed by atoms with Crippen molar-refractivity contribution in [1.82, 2.24) is 9.80 Å². The molecule has 4 aliphatic rings. The molecule has 2 aromatic rings. The first kappa shape index (κ1) is 26.5. The van der Waals surface area contributed by atoms with E-state index in [0.29, 0.717) is 23.5 Å². The van der Waals surface area contributed by atoms with E-state index in [0.717, 1.165) is 10.9 Å². The summed E-state index contributed by atoms with van der Waals surface area (Å²) >= 11 is 0. The lowest BCUT2D eigenvalue weighted by atomic mass is 9.58. The van der Waals surface area contributed by atoms with Crippen LogP contribution in [0.3, 0.4) is 0 Å². The molecule has 0 bridgehead atoms. The maximum absolute atomic E-state index is 13.9. The van der Waals surface area contributed by atoms with E-state index in [2.05, 4.69) is 11.9 Å². The summed E-state index contributed by atoms with van der Waals surface area (Å²) in [6.07, 6.45) is 2.66. The minimum atomic E-state index is -2.64. The number of fused-ring (bicyclic) bond motifs is 4. The third-order valence-electron chi connectivity index (χ3n) is 9.19. The summed E-state index contributed by atoms with van der Waals surface area (Å²) in [5.41, 5.74) is 3.40. The van der Waals surface area contributed by atoms with Gasteiger partial charge in [0.2, 0.25) is 5.78 Å². The first-order valence-electron chi connectivity index (χ1n) is 13.5. The number of benzene rings is 2. The number of primary amides is 1. The zero-order chi connectivity index (χ0) is 28.8. The molecule has 40 heavy (non-hydrogen) atoms. The molecular formula is C30H33N3O7. The Balaban J connectivity index is 1.48. The number of Topliss-reactive ketones (excluding diaryl/α,β-unsaturated/α-hetero) is 2. The van der Waals surface area contributed by atoms with E-state index in [1.165, 1.54) is 17.7 Å². The number of hydrogen-bond acceptors (Lipinski definition) is 9. The summed E-state index contributed by atoms with van der Waals surface area (Å²) < 4.78 is 0. The van der Waals surface area contributed by atoms with Crippen LogP contribution in [0.25, 0.3) is 10.8 Å². The molecule has 0 aliphatic heterocycles. The minimum Gasteiger partial charge on any atom is -0.510 e. The molecule has 1 fully saturated rings. The monoisotopic (exact) mass is 547 g/mol. The fraction of sp³-hybridized carbons (Fsp3) is 0.433. The highest BCUT2D eigenvalue weighted by molar-refractivity contribution is 6.25. The predicted octanol–water partition coefficient (Wildman–Crippen LogP) is 1.87. The number of nitrogens with two attached hydrogens (primary N) is 1. The van der Waals surface area contributed by atoms with E-state index in [-0.39, 0.29) is 29.7 Å². The summed E-state index contributed by atoms with van der Waals surface area (Å²) in [5.74, 6) is -6.44. The van der Waals surface area contributed by atoms with Gasteiger partial charge in [-0.1, -0.05) is 18.2 Å². The van der Waals surface area contributed by atoms with E-state index < -0.39 is 58.0 Å². The molecule has 0 aromatic heterocycles. The summed E-state index contributed by atoms with van der Waals surface area (Å²) in [6, 6.07) is 7.21. The molecule has 0 saturated heterocycles. The minimum absolute atomic E-state index is 0.0287. The lowest BCUT2D eigenvalue weighted by Gasteiger charge is -2.50. The van der Waals surface area contributed by atoms with Gasteiger partial charge in [-0.3, -0.25) is 24.2 Å². The quantitative estimate of drug-likeness (QED) is 0.352. The van der Waals surface area contributed by atoms with Gasteiger partial charge in [-0.2, -0.15) is 0 Å². The maximum Gasteiger partial charge on any atom is 0.255 e. The van der Waals surface area contributed by atoms with Crippen molar-refractivity contribution < 1.29 is 34.8 Å². The van der Waals surface area contributed by atoms with Gasteiger partial charge >= 0.3 is 0 Å². The van der Waals surface area contributed by atoms with E-state index in [1.54, 1.807) is 14.1 Å². The molecule has 0 radical (unpaired) electrons. The Morgan fingerprint density at radius 1 is 1.10 bits per heavy atom. The van der Waals surface area contributed by atoms with Gasteiger partial charge in [0, 0.05) is 29.5 Å². The molecule has 6 rings (SSSR count). The average Bonchev–Trinajstić information content (AvgIpc) is 3.72. The molecular weight excluding hydrogens is 514 g/mol. The number of likely N-dealkylation sites (N-methyl/N-ethyl adjacent to an activating group) is 1. The van der Waals surface area contributed by atoms with Crippen LogP contribution >= 0.6 is 0 Å². The largest absolute Gasteiger partial charge is 0.510 e. The number of carbonyl (C=O) groups is 3. The Hall–Kier alpha value is -3.73. The molecule has 2 aromatic carbocycles. The number of hydrogen-bond donors (Lipinski definition) is 5. The number of allylic oxidation sites excluding steroid dienone is 1. The van der Waals surface area contributed by atoms with Crippen molar-refractivity contribution in [2.45, 2.75) is 49.9 Å². The zero-order valence-corrected chi connectivity index (χ0v) is 22.6. The van der Waals surface area contributed by atoms with Crippen LogP contribution in [0.2, 0.25) is 0 Å². The third kappa shape index (κ3) is 3.63. The fourth-order valence-corrected chi connectivity index (χ4v) is 7.09. The van der Waals surface area contributed by atoms with Crippen LogP contribution in [0.5, 0.6) is 5.75 Å². The molecule has 1 amide bonds. The van der Waals surface area contributed by atoms with Gasteiger partial charge in [0.25, 0.3) is 5.91 Å². The third-order valence-corrected chi connectivity index (χ3v) is 9.19. The van der Waals surface area contributed by atoms with Crippen LogP contribution in [0.15, 0.2) is 46.9 Å². The second kappa shape index (κ2) is 8.89. The Kier molecular flexibility index (Phi) is 5.89. The molecule has 6 N–H and O–H groups in total. The van der Waals surface area contributed by atoms with E-state index in [1.807, 2.05) is 24.3 Å². The lowest BCUT2D eigenvalue weighted by molar-refractivity contribution is -0.148. The van der Waals surface area contributed by atoms with Crippen LogP contribution in [0.4, 0.5) is 0 Å². The molecule has 0 spiro atoms. The van der Waals surface area contributed by atoms with Crippen molar-refractivity contribution in [3.05, 3.63) is 63.6 Å². The van der Waals surface area contributed by atoms with Crippen LogP contribution in [-0.4, -0.2) is 86.5 Å². The number of nitrogens with zero attached hydrogens (tertiary/aromatic N) is 2. The van der Waals surface area contributed by atoms with Crippen LogP contribution in [-0.2, 0) is 22.6 Å². The maximum atomic E-state index is 13.9. The molecule has 4 atom stereocenters. The molecule has 210 valence electrons. The molecule has 10 nitrogen and oxygen atoms in total. The van der Waals surface area contributed by atoms with Gasteiger partial charge in [0.05, 0.1) is 11.6 Å². The SMILES string of the molecule is CN(Cc1ccc2cc3c(c(O)c2c1)C(=O)C1=C(O)[C@]2(O)C(=O)C(C(N)=O)=C(O)[C@@H](N(C)C)[C@@H]2C[C@@H]1C3)C1CC1. The number of aliphatic hydroxyl groups is 3. The second-order valence-corrected chi connectivity index (χ2v) is 11.9. The number of ketones is 2. The Labute approximate surface area is 231 Å². The van der Waals surface area contributed by atoms with Crippen molar-refractivity contribution in [1.29, 1.82) is 0 Å². The molecule has 10 heteroatoms. The number of phenolic OH excluding ortho intramolecular Hbond substituents is 1. The van der Waals surface area contributed by atoms with Gasteiger partial charge in [-0.15, -0.1) is 0 Å². The summed E-state index contributed by atoms with van der Waals surface area (Å²) in [7, 11) is 5.27. The normalized spacial score (nSPS) is 28.3.